The summed E-state index contributed by atoms with van der Waals surface area (Å²) >= 11 is 0. The summed E-state index contributed by atoms with van der Waals surface area (Å²) in [5.74, 6) is 0.757. The zero-order valence-corrected chi connectivity index (χ0v) is 11.7. The third-order valence-electron chi connectivity index (χ3n) is 4.15. The molecule has 1 N–H and O–H groups in total. The molecule has 18 heavy (non-hydrogen) atoms. The first-order valence-electron chi connectivity index (χ1n) is 7.24. The van der Waals surface area contributed by atoms with Gasteiger partial charge in [0.15, 0.2) is 0 Å². The standard InChI is InChI=1S/C16H26N2/c1-14(17-2)7-6-11-18-12-10-16(13-18)15-8-4-3-5-9-15/h3-5,8-9,14,16-17H,6-7,10-13H2,1-2H3. The summed E-state index contributed by atoms with van der Waals surface area (Å²) in [4.78, 5) is 2.63. The van der Waals surface area contributed by atoms with Crippen molar-refractivity contribution in [2.45, 2.75) is 38.1 Å². The van der Waals surface area contributed by atoms with E-state index in [1.54, 1.807) is 0 Å². The number of benzene rings is 1. The van der Waals surface area contributed by atoms with Crippen molar-refractivity contribution in [2.75, 3.05) is 26.7 Å². The minimum atomic E-state index is 0.650. The largest absolute Gasteiger partial charge is 0.317 e. The maximum absolute atomic E-state index is 3.31. The molecule has 100 valence electrons. The Bertz CT molecular complexity index is 336. The lowest BCUT2D eigenvalue weighted by Crippen LogP contribution is -2.25. The van der Waals surface area contributed by atoms with E-state index in [-0.39, 0.29) is 0 Å². The van der Waals surface area contributed by atoms with Gasteiger partial charge in [0, 0.05) is 12.6 Å². The van der Waals surface area contributed by atoms with Gasteiger partial charge in [0.05, 0.1) is 0 Å². The minimum absolute atomic E-state index is 0.650. The van der Waals surface area contributed by atoms with Crippen LogP contribution in [0.4, 0.5) is 0 Å². The highest BCUT2D eigenvalue weighted by atomic mass is 15.1. The van der Waals surface area contributed by atoms with Crippen molar-refractivity contribution in [3.05, 3.63) is 35.9 Å². The lowest BCUT2D eigenvalue weighted by atomic mass is 9.99. The van der Waals surface area contributed by atoms with Gasteiger partial charge < -0.3 is 10.2 Å². The van der Waals surface area contributed by atoms with Crippen molar-refractivity contribution in [3.8, 4) is 0 Å². The Hall–Kier alpha value is -0.860. The molecule has 2 atom stereocenters. The summed E-state index contributed by atoms with van der Waals surface area (Å²) in [5.41, 5.74) is 1.52. The van der Waals surface area contributed by atoms with Gasteiger partial charge in [-0.2, -0.15) is 0 Å². The van der Waals surface area contributed by atoms with Gasteiger partial charge in [-0.1, -0.05) is 30.3 Å². The van der Waals surface area contributed by atoms with Crippen LogP contribution in [-0.4, -0.2) is 37.6 Å². The molecule has 0 spiro atoms. The molecule has 0 saturated carbocycles. The van der Waals surface area contributed by atoms with Crippen molar-refractivity contribution in [1.82, 2.24) is 10.2 Å². The Morgan fingerprint density at radius 1 is 1.33 bits per heavy atom. The van der Waals surface area contributed by atoms with Crippen molar-refractivity contribution < 1.29 is 0 Å². The molecule has 2 unspecified atom stereocenters. The molecule has 0 aliphatic carbocycles. The van der Waals surface area contributed by atoms with E-state index in [1.165, 1.54) is 44.5 Å². The molecule has 0 aromatic heterocycles. The van der Waals surface area contributed by atoms with Crippen molar-refractivity contribution in [2.24, 2.45) is 0 Å². The predicted octanol–water partition coefficient (Wildman–Crippen LogP) is 2.86. The quantitative estimate of drug-likeness (QED) is 0.830. The summed E-state index contributed by atoms with van der Waals surface area (Å²) in [7, 11) is 2.05. The normalized spacial score (nSPS) is 22.2. The third kappa shape index (κ3) is 3.82. The van der Waals surface area contributed by atoms with E-state index in [9.17, 15) is 0 Å². The molecule has 1 aromatic carbocycles. The molecule has 0 amide bonds. The van der Waals surface area contributed by atoms with E-state index in [0.29, 0.717) is 6.04 Å². The fraction of sp³-hybridized carbons (Fsp3) is 0.625. The number of rotatable bonds is 6. The Morgan fingerprint density at radius 2 is 2.11 bits per heavy atom. The van der Waals surface area contributed by atoms with Crippen LogP contribution in [0.5, 0.6) is 0 Å². The van der Waals surface area contributed by atoms with Crippen molar-refractivity contribution >= 4 is 0 Å². The second-order valence-electron chi connectivity index (χ2n) is 5.53. The van der Waals surface area contributed by atoms with Crippen LogP contribution in [0.25, 0.3) is 0 Å². The van der Waals surface area contributed by atoms with E-state index in [2.05, 4.69) is 47.5 Å². The Labute approximate surface area is 111 Å². The molecule has 1 aromatic rings. The number of nitrogens with zero attached hydrogens (tertiary/aromatic N) is 1. The third-order valence-corrected chi connectivity index (χ3v) is 4.15. The first-order valence-corrected chi connectivity index (χ1v) is 7.24. The number of nitrogens with one attached hydrogen (secondary N) is 1. The molecular weight excluding hydrogens is 220 g/mol. The van der Waals surface area contributed by atoms with E-state index >= 15 is 0 Å². The maximum Gasteiger partial charge on any atom is 0.00507 e. The van der Waals surface area contributed by atoms with E-state index in [4.69, 9.17) is 0 Å². The summed E-state index contributed by atoms with van der Waals surface area (Å²) in [6.07, 6.45) is 3.91. The molecule has 1 aliphatic rings. The molecule has 0 radical (unpaired) electrons. The van der Waals surface area contributed by atoms with Crippen molar-refractivity contribution in [3.63, 3.8) is 0 Å². The van der Waals surface area contributed by atoms with Gasteiger partial charge in [-0.15, -0.1) is 0 Å². The molecule has 1 saturated heterocycles. The summed E-state index contributed by atoms with van der Waals surface area (Å²) in [6.45, 7) is 6.04. The van der Waals surface area contributed by atoms with E-state index < -0.39 is 0 Å². The Kier molecular flexibility index (Phi) is 5.21. The van der Waals surface area contributed by atoms with Gasteiger partial charge in [-0.25, -0.2) is 0 Å². The average Bonchev–Trinajstić information content (AvgIpc) is 2.88. The number of hydrogen-bond donors (Lipinski definition) is 1. The lowest BCUT2D eigenvalue weighted by molar-refractivity contribution is 0.319. The molecule has 0 bridgehead atoms. The Balaban J connectivity index is 1.72. The van der Waals surface area contributed by atoms with Gasteiger partial charge in [0.1, 0.15) is 0 Å². The highest BCUT2D eigenvalue weighted by Crippen LogP contribution is 2.26. The van der Waals surface area contributed by atoms with Crippen LogP contribution in [0.1, 0.15) is 37.7 Å². The average molecular weight is 246 g/mol. The van der Waals surface area contributed by atoms with Crippen LogP contribution in [0.3, 0.4) is 0 Å². The SMILES string of the molecule is CNC(C)CCCN1CCC(c2ccccc2)C1. The maximum atomic E-state index is 3.31. The molecule has 1 aliphatic heterocycles. The van der Waals surface area contributed by atoms with Gasteiger partial charge in [0.25, 0.3) is 0 Å². The van der Waals surface area contributed by atoms with Gasteiger partial charge in [-0.3, -0.25) is 0 Å². The molecule has 1 fully saturated rings. The van der Waals surface area contributed by atoms with E-state index in [0.717, 1.165) is 5.92 Å². The highest BCUT2D eigenvalue weighted by Gasteiger charge is 2.22. The Morgan fingerprint density at radius 3 is 2.83 bits per heavy atom. The molecular formula is C16H26N2. The van der Waals surface area contributed by atoms with Crippen LogP contribution in [-0.2, 0) is 0 Å². The monoisotopic (exact) mass is 246 g/mol. The predicted molar refractivity (Wildman–Crippen MR) is 78.0 cm³/mol. The van der Waals surface area contributed by atoms with Gasteiger partial charge in [-0.05, 0) is 57.8 Å². The van der Waals surface area contributed by atoms with Crippen molar-refractivity contribution in [1.29, 1.82) is 0 Å². The first kappa shape index (κ1) is 13.6. The van der Waals surface area contributed by atoms with Crippen LogP contribution >= 0.6 is 0 Å². The topological polar surface area (TPSA) is 15.3 Å². The fourth-order valence-corrected chi connectivity index (χ4v) is 2.80. The second kappa shape index (κ2) is 6.91. The summed E-state index contributed by atoms with van der Waals surface area (Å²) < 4.78 is 0. The number of likely N-dealkylation sites (tertiary alicyclic amines) is 1. The fourth-order valence-electron chi connectivity index (χ4n) is 2.80. The zero-order valence-electron chi connectivity index (χ0n) is 11.7. The van der Waals surface area contributed by atoms with Crippen LogP contribution in [0.15, 0.2) is 30.3 Å². The summed E-state index contributed by atoms with van der Waals surface area (Å²) in [6, 6.07) is 11.6. The second-order valence-corrected chi connectivity index (χ2v) is 5.53. The van der Waals surface area contributed by atoms with E-state index in [1.807, 2.05) is 7.05 Å². The van der Waals surface area contributed by atoms with Crippen LogP contribution in [0.2, 0.25) is 0 Å². The smallest absolute Gasteiger partial charge is 0.00507 e. The molecule has 2 heteroatoms. The molecule has 2 rings (SSSR count). The van der Waals surface area contributed by atoms with Crippen LogP contribution in [0, 0.1) is 0 Å². The number of hydrogen-bond acceptors (Lipinski definition) is 2. The minimum Gasteiger partial charge on any atom is -0.317 e. The van der Waals surface area contributed by atoms with Gasteiger partial charge in [0.2, 0.25) is 0 Å². The highest BCUT2D eigenvalue weighted by molar-refractivity contribution is 5.20. The van der Waals surface area contributed by atoms with Crippen LogP contribution < -0.4 is 5.32 Å². The molecule has 1 heterocycles. The first-order chi connectivity index (χ1) is 8.79. The molecule has 2 nitrogen and oxygen atoms in total. The summed E-state index contributed by atoms with van der Waals surface area (Å²) in [5, 5.41) is 3.31. The van der Waals surface area contributed by atoms with Gasteiger partial charge >= 0.3 is 0 Å². The zero-order chi connectivity index (χ0) is 12.8. The lowest BCUT2D eigenvalue weighted by Gasteiger charge is -2.17.